The molecule has 0 aliphatic carbocycles. The lowest BCUT2D eigenvalue weighted by atomic mass is 10.1. The van der Waals surface area contributed by atoms with Crippen LogP contribution in [0.2, 0.25) is 0 Å². The lowest BCUT2D eigenvalue weighted by Crippen LogP contribution is -2.38. The number of hydrogen-bond donors (Lipinski definition) is 0. The van der Waals surface area contributed by atoms with Crippen LogP contribution in [0, 0.1) is 0 Å². The van der Waals surface area contributed by atoms with Crippen LogP contribution in [0.15, 0.2) is 101 Å². The molecule has 1 aromatic heterocycles. The Kier molecular flexibility index (Phi) is 7.15. The van der Waals surface area contributed by atoms with Gasteiger partial charge in [-0.1, -0.05) is 74.5 Å². The van der Waals surface area contributed by atoms with Gasteiger partial charge in [0.25, 0.3) is 5.56 Å². The Labute approximate surface area is 223 Å². The van der Waals surface area contributed by atoms with Crippen molar-refractivity contribution in [1.82, 2.24) is 13.9 Å². The van der Waals surface area contributed by atoms with Gasteiger partial charge in [0.15, 0.2) is 0 Å². The summed E-state index contributed by atoms with van der Waals surface area (Å²) in [5, 5.41) is 2.01. The van der Waals surface area contributed by atoms with Crippen LogP contribution in [0.1, 0.15) is 44.6 Å². The first-order chi connectivity index (χ1) is 18.4. The third-order valence-corrected chi connectivity index (χ3v) is 9.02. The number of benzene rings is 4. The van der Waals surface area contributed by atoms with Gasteiger partial charge < -0.3 is 0 Å². The third-order valence-electron chi connectivity index (χ3n) is 6.99. The van der Waals surface area contributed by atoms with Crippen molar-refractivity contribution < 1.29 is 8.42 Å². The monoisotopic (exact) mass is 525 g/mol. The Morgan fingerprint density at radius 3 is 2.21 bits per heavy atom. The Morgan fingerprint density at radius 2 is 1.50 bits per heavy atom. The zero-order valence-electron chi connectivity index (χ0n) is 21.8. The fourth-order valence-electron chi connectivity index (χ4n) is 4.98. The van der Waals surface area contributed by atoms with Crippen molar-refractivity contribution in [3.63, 3.8) is 0 Å². The molecular weight excluding hydrogens is 494 g/mol. The van der Waals surface area contributed by atoms with E-state index in [0.29, 0.717) is 34.2 Å². The molecule has 0 N–H and O–H groups in total. The maximum Gasteiger partial charge on any atom is 0.266 e. The fourth-order valence-corrected chi connectivity index (χ4v) is 6.88. The highest BCUT2D eigenvalue weighted by Crippen LogP contribution is 2.32. The summed E-state index contributed by atoms with van der Waals surface area (Å²) in [6.45, 7) is 6.12. The van der Waals surface area contributed by atoms with Gasteiger partial charge in [0, 0.05) is 11.9 Å². The molecule has 1 heterocycles. The number of fused-ring (bicyclic) bond motifs is 2. The second-order valence-corrected chi connectivity index (χ2v) is 11.3. The standard InChI is InChI=1S/C31H31N3O3S/c1-4-21-33(38(36,37)29-16-10-12-24-11-6-7-13-26(24)29)22(3)30-32-28-15-9-8-14-27(28)31(35)34(30)25-19-17-23(5-2)18-20-25/h6-20,22H,4-5,21H2,1-3H3. The minimum absolute atomic E-state index is 0.222. The van der Waals surface area contributed by atoms with E-state index in [0.717, 1.165) is 17.4 Å². The molecule has 0 radical (unpaired) electrons. The number of rotatable bonds is 8. The zero-order valence-corrected chi connectivity index (χ0v) is 22.7. The van der Waals surface area contributed by atoms with E-state index in [2.05, 4.69) is 6.92 Å². The number of sulfonamides is 1. The van der Waals surface area contributed by atoms with Crippen LogP contribution in [0.5, 0.6) is 0 Å². The summed E-state index contributed by atoms with van der Waals surface area (Å²) >= 11 is 0. The summed E-state index contributed by atoms with van der Waals surface area (Å²) in [6, 6.07) is 27.1. The van der Waals surface area contributed by atoms with E-state index >= 15 is 0 Å². The summed E-state index contributed by atoms with van der Waals surface area (Å²) < 4.78 is 31.5. The van der Waals surface area contributed by atoms with E-state index in [1.807, 2.05) is 80.6 Å². The summed E-state index contributed by atoms with van der Waals surface area (Å²) in [5.74, 6) is 0.384. The molecule has 5 rings (SSSR count). The van der Waals surface area contributed by atoms with Gasteiger partial charge in [-0.15, -0.1) is 0 Å². The van der Waals surface area contributed by atoms with E-state index in [-0.39, 0.29) is 17.0 Å². The Morgan fingerprint density at radius 1 is 0.842 bits per heavy atom. The molecule has 194 valence electrons. The predicted molar refractivity (Wildman–Crippen MR) is 153 cm³/mol. The van der Waals surface area contributed by atoms with Crippen molar-refractivity contribution >= 4 is 31.7 Å². The molecule has 1 atom stereocenters. The average molecular weight is 526 g/mol. The first-order valence-electron chi connectivity index (χ1n) is 13.0. The fraction of sp³-hybridized carbons (Fsp3) is 0.226. The van der Waals surface area contributed by atoms with Gasteiger partial charge in [-0.2, -0.15) is 4.31 Å². The van der Waals surface area contributed by atoms with E-state index in [1.165, 1.54) is 4.31 Å². The van der Waals surface area contributed by atoms with E-state index in [4.69, 9.17) is 4.98 Å². The van der Waals surface area contributed by atoms with Crippen LogP contribution in [-0.2, 0) is 16.4 Å². The van der Waals surface area contributed by atoms with Crippen molar-refractivity contribution in [2.24, 2.45) is 0 Å². The number of hydrogen-bond acceptors (Lipinski definition) is 4. The van der Waals surface area contributed by atoms with E-state index in [1.54, 1.807) is 28.8 Å². The van der Waals surface area contributed by atoms with Gasteiger partial charge >= 0.3 is 0 Å². The SMILES string of the molecule is CCCN(C(C)c1nc2ccccc2c(=O)n1-c1ccc(CC)cc1)S(=O)(=O)c1cccc2ccccc12. The molecule has 0 saturated carbocycles. The van der Waals surface area contributed by atoms with Crippen molar-refractivity contribution in [2.45, 2.75) is 44.6 Å². The molecule has 6 nitrogen and oxygen atoms in total. The highest BCUT2D eigenvalue weighted by Gasteiger charge is 2.33. The van der Waals surface area contributed by atoms with Crippen LogP contribution in [0.4, 0.5) is 0 Å². The molecular formula is C31H31N3O3S. The second-order valence-electron chi connectivity index (χ2n) is 9.42. The van der Waals surface area contributed by atoms with Crippen molar-refractivity contribution in [3.05, 3.63) is 113 Å². The predicted octanol–water partition coefficient (Wildman–Crippen LogP) is 6.26. The summed E-state index contributed by atoms with van der Waals surface area (Å²) in [7, 11) is -3.93. The van der Waals surface area contributed by atoms with Crippen LogP contribution in [0.3, 0.4) is 0 Å². The Hall–Kier alpha value is -3.81. The van der Waals surface area contributed by atoms with E-state index in [9.17, 15) is 13.2 Å². The van der Waals surface area contributed by atoms with Gasteiger partial charge in [0.2, 0.25) is 10.0 Å². The highest BCUT2D eigenvalue weighted by molar-refractivity contribution is 7.89. The lowest BCUT2D eigenvalue weighted by molar-refractivity contribution is 0.327. The van der Waals surface area contributed by atoms with Gasteiger partial charge in [-0.05, 0) is 61.0 Å². The van der Waals surface area contributed by atoms with E-state index < -0.39 is 16.1 Å². The molecule has 4 aromatic carbocycles. The number of para-hydroxylation sites is 1. The largest absolute Gasteiger partial charge is 0.268 e. The first kappa shape index (κ1) is 25.8. The summed E-state index contributed by atoms with van der Waals surface area (Å²) in [5.41, 5.74) is 2.13. The highest BCUT2D eigenvalue weighted by atomic mass is 32.2. The minimum Gasteiger partial charge on any atom is -0.268 e. The third kappa shape index (κ3) is 4.52. The van der Waals surface area contributed by atoms with Crippen LogP contribution in [0.25, 0.3) is 27.4 Å². The number of aromatic nitrogens is 2. The van der Waals surface area contributed by atoms with Gasteiger partial charge in [0.05, 0.1) is 27.5 Å². The topological polar surface area (TPSA) is 72.3 Å². The molecule has 7 heteroatoms. The molecule has 0 spiro atoms. The average Bonchev–Trinajstić information content (AvgIpc) is 2.95. The maximum atomic E-state index is 14.2. The normalized spacial score (nSPS) is 12.8. The number of nitrogens with zero attached hydrogens (tertiary/aromatic N) is 3. The quantitative estimate of drug-likeness (QED) is 0.240. The van der Waals surface area contributed by atoms with Gasteiger partial charge in [-0.25, -0.2) is 13.4 Å². The van der Waals surface area contributed by atoms with Crippen molar-refractivity contribution in [1.29, 1.82) is 0 Å². The first-order valence-corrected chi connectivity index (χ1v) is 14.4. The second kappa shape index (κ2) is 10.5. The molecule has 0 saturated heterocycles. The molecule has 0 amide bonds. The summed E-state index contributed by atoms with van der Waals surface area (Å²) in [6.07, 6.45) is 1.49. The van der Waals surface area contributed by atoms with Crippen LogP contribution < -0.4 is 5.56 Å². The maximum absolute atomic E-state index is 14.2. The molecule has 0 fully saturated rings. The smallest absolute Gasteiger partial charge is 0.266 e. The molecule has 0 aliphatic rings. The van der Waals surface area contributed by atoms with Crippen molar-refractivity contribution in [3.8, 4) is 5.69 Å². The summed E-state index contributed by atoms with van der Waals surface area (Å²) in [4.78, 5) is 19.0. The molecule has 5 aromatic rings. The molecule has 0 aliphatic heterocycles. The zero-order chi connectivity index (χ0) is 26.9. The Balaban J connectivity index is 1.73. The van der Waals surface area contributed by atoms with Gasteiger partial charge in [0.1, 0.15) is 5.82 Å². The number of aryl methyl sites for hydroxylation is 1. The minimum atomic E-state index is -3.93. The Bertz CT molecular complexity index is 1770. The molecule has 38 heavy (non-hydrogen) atoms. The van der Waals surface area contributed by atoms with Crippen LogP contribution >= 0.6 is 0 Å². The van der Waals surface area contributed by atoms with Gasteiger partial charge in [-0.3, -0.25) is 9.36 Å². The van der Waals surface area contributed by atoms with Crippen LogP contribution in [-0.4, -0.2) is 28.8 Å². The van der Waals surface area contributed by atoms with Crippen molar-refractivity contribution in [2.75, 3.05) is 6.54 Å². The molecule has 0 bridgehead atoms. The lowest BCUT2D eigenvalue weighted by Gasteiger charge is -2.30. The molecule has 1 unspecified atom stereocenters.